The predicted molar refractivity (Wildman–Crippen MR) is 154 cm³/mol. The SMILES string of the molecule is O=C(COC(=O)c1cc(-c2ccc(N3C(=O)C4C5CCC(C5)C4C3=O)cc2)nc2ccc(Cl)cc12)c1ccccc1. The first-order valence-electron chi connectivity index (χ1n) is 13.7. The zero-order valence-electron chi connectivity index (χ0n) is 22.0. The normalized spacial score (nSPS) is 22.8. The minimum atomic E-state index is -0.670. The number of ketones is 1. The van der Waals surface area contributed by atoms with Crippen molar-refractivity contribution in [2.24, 2.45) is 23.7 Å². The van der Waals surface area contributed by atoms with E-state index in [-0.39, 0.29) is 35.0 Å². The minimum Gasteiger partial charge on any atom is -0.454 e. The number of anilines is 1. The zero-order chi connectivity index (χ0) is 28.2. The van der Waals surface area contributed by atoms with Crippen LogP contribution in [-0.2, 0) is 14.3 Å². The van der Waals surface area contributed by atoms with E-state index in [2.05, 4.69) is 0 Å². The van der Waals surface area contributed by atoms with Gasteiger partial charge in [0.15, 0.2) is 12.4 Å². The zero-order valence-corrected chi connectivity index (χ0v) is 22.7. The highest BCUT2D eigenvalue weighted by atomic mass is 35.5. The van der Waals surface area contributed by atoms with E-state index >= 15 is 0 Å². The van der Waals surface area contributed by atoms with Crippen molar-refractivity contribution in [3.8, 4) is 11.3 Å². The lowest BCUT2D eigenvalue weighted by Crippen LogP contribution is -2.32. The lowest BCUT2D eigenvalue weighted by Gasteiger charge is -2.19. The number of imide groups is 1. The summed E-state index contributed by atoms with van der Waals surface area (Å²) in [5.41, 5.74) is 2.95. The van der Waals surface area contributed by atoms with Gasteiger partial charge in [0, 0.05) is 21.5 Å². The van der Waals surface area contributed by atoms with Crippen LogP contribution in [0.5, 0.6) is 0 Å². The first-order valence-corrected chi connectivity index (χ1v) is 14.1. The van der Waals surface area contributed by atoms with Gasteiger partial charge in [-0.25, -0.2) is 9.78 Å². The molecular formula is C33H25ClN2O5. The average Bonchev–Trinajstić information content (AvgIpc) is 3.69. The molecule has 4 aromatic rings. The summed E-state index contributed by atoms with van der Waals surface area (Å²) < 4.78 is 5.41. The van der Waals surface area contributed by atoms with E-state index in [1.165, 1.54) is 4.90 Å². The van der Waals surface area contributed by atoms with E-state index in [0.717, 1.165) is 19.3 Å². The maximum Gasteiger partial charge on any atom is 0.339 e. The lowest BCUT2D eigenvalue weighted by molar-refractivity contribution is -0.123. The molecule has 2 heterocycles. The molecule has 4 atom stereocenters. The molecule has 204 valence electrons. The number of esters is 1. The molecule has 7 rings (SSSR count). The van der Waals surface area contributed by atoms with Gasteiger partial charge in [-0.1, -0.05) is 54.1 Å². The highest BCUT2D eigenvalue weighted by Gasteiger charge is 2.61. The molecule has 2 bridgehead atoms. The molecule has 1 aromatic heterocycles. The van der Waals surface area contributed by atoms with E-state index in [1.54, 1.807) is 78.9 Å². The molecule has 1 saturated heterocycles. The second-order valence-corrected chi connectivity index (χ2v) is 11.5. The van der Waals surface area contributed by atoms with Gasteiger partial charge >= 0.3 is 5.97 Å². The summed E-state index contributed by atoms with van der Waals surface area (Å²) in [6.07, 6.45) is 3.05. The van der Waals surface area contributed by atoms with Gasteiger partial charge in [0.2, 0.25) is 11.8 Å². The molecule has 2 amide bonds. The van der Waals surface area contributed by atoms with Gasteiger partial charge in [-0.05, 0) is 67.5 Å². The number of rotatable bonds is 6. The summed E-state index contributed by atoms with van der Waals surface area (Å²) in [4.78, 5) is 58.3. The number of amides is 2. The number of carbonyl (C=O) groups excluding carboxylic acids is 4. The van der Waals surface area contributed by atoms with Crippen molar-refractivity contribution >= 4 is 51.8 Å². The van der Waals surface area contributed by atoms with Crippen LogP contribution in [0.3, 0.4) is 0 Å². The second-order valence-electron chi connectivity index (χ2n) is 11.0. The standard InChI is InChI=1S/C33H25ClN2O5/c34-22-10-13-26-24(15-22)25(33(40)41-17-28(37)19-4-2-1-3-5-19)16-27(35-26)18-8-11-23(12-9-18)36-31(38)29-20-6-7-21(14-20)30(29)32(36)39/h1-5,8-13,15-16,20-21,29-30H,6-7,14,17H2. The first kappa shape index (κ1) is 25.6. The van der Waals surface area contributed by atoms with Crippen LogP contribution in [-0.4, -0.2) is 35.2 Å². The molecular weight excluding hydrogens is 540 g/mol. The van der Waals surface area contributed by atoms with Crippen LogP contribution in [0.4, 0.5) is 5.69 Å². The number of aromatic nitrogens is 1. The van der Waals surface area contributed by atoms with Crippen molar-refractivity contribution in [2.75, 3.05) is 11.5 Å². The molecule has 8 heteroatoms. The minimum absolute atomic E-state index is 0.0873. The van der Waals surface area contributed by atoms with Crippen LogP contribution in [0.15, 0.2) is 78.9 Å². The number of hydrogen-bond acceptors (Lipinski definition) is 6. The number of nitrogens with zero attached hydrogens (tertiary/aromatic N) is 2. The monoisotopic (exact) mass is 564 g/mol. The van der Waals surface area contributed by atoms with Crippen molar-refractivity contribution in [1.29, 1.82) is 0 Å². The van der Waals surface area contributed by atoms with Crippen molar-refractivity contribution < 1.29 is 23.9 Å². The molecule has 3 aromatic carbocycles. The Morgan fingerprint density at radius 2 is 1.56 bits per heavy atom. The van der Waals surface area contributed by atoms with Gasteiger partial charge in [0.05, 0.1) is 34.3 Å². The lowest BCUT2D eigenvalue weighted by atomic mass is 9.81. The third kappa shape index (κ3) is 4.32. The van der Waals surface area contributed by atoms with Crippen LogP contribution in [0.1, 0.15) is 40.0 Å². The Balaban J connectivity index is 1.17. The fourth-order valence-electron chi connectivity index (χ4n) is 6.88. The summed E-state index contributed by atoms with van der Waals surface area (Å²) >= 11 is 6.23. The summed E-state index contributed by atoms with van der Waals surface area (Å²) in [7, 11) is 0. The molecule has 2 aliphatic carbocycles. The second kappa shape index (κ2) is 9.93. The third-order valence-electron chi connectivity index (χ3n) is 8.77. The first-order chi connectivity index (χ1) is 19.9. The molecule has 4 unspecified atom stereocenters. The van der Waals surface area contributed by atoms with Crippen molar-refractivity contribution in [3.05, 3.63) is 95.0 Å². The Morgan fingerprint density at radius 3 is 2.24 bits per heavy atom. The van der Waals surface area contributed by atoms with Crippen LogP contribution < -0.4 is 4.90 Å². The van der Waals surface area contributed by atoms with Crippen LogP contribution in [0.25, 0.3) is 22.2 Å². The summed E-state index contributed by atoms with van der Waals surface area (Å²) in [6, 6.07) is 22.4. The fourth-order valence-corrected chi connectivity index (χ4v) is 7.05. The highest BCUT2D eigenvalue weighted by molar-refractivity contribution is 6.31. The maximum absolute atomic E-state index is 13.2. The van der Waals surface area contributed by atoms with Crippen LogP contribution in [0.2, 0.25) is 5.02 Å². The number of halogens is 1. The van der Waals surface area contributed by atoms with Gasteiger partial charge in [0.1, 0.15) is 0 Å². The summed E-state index contributed by atoms with van der Waals surface area (Å²) in [5, 5.41) is 0.938. The van der Waals surface area contributed by atoms with Crippen molar-refractivity contribution in [1.82, 2.24) is 4.98 Å². The topological polar surface area (TPSA) is 93.6 Å². The average molecular weight is 565 g/mol. The van der Waals surface area contributed by atoms with Gasteiger partial charge in [0.25, 0.3) is 0 Å². The van der Waals surface area contributed by atoms with Gasteiger partial charge in [-0.3, -0.25) is 19.3 Å². The molecule has 0 N–H and O–H groups in total. The largest absolute Gasteiger partial charge is 0.454 e. The number of fused-ring (bicyclic) bond motifs is 6. The summed E-state index contributed by atoms with van der Waals surface area (Å²) in [5.74, 6) is -0.879. The van der Waals surface area contributed by atoms with E-state index in [9.17, 15) is 19.2 Å². The third-order valence-corrected chi connectivity index (χ3v) is 9.00. The number of hydrogen-bond donors (Lipinski definition) is 0. The number of benzene rings is 3. The summed E-state index contributed by atoms with van der Waals surface area (Å²) in [6.45, 7) is -0.404. The van der Waals surface area contributed by atoms with E-state index in [1.807, 2.05) is 0 Å². The van der Waals surface area contributed by atoms with Gasteiger partial charge < -0.3 is 4.74 Å². The maximum atomic E-state index is 13.2. The van der Waals surface area contributed by atoms with Gasteiger partial charge in [-0.15, -0.1) is 0 Å². The number of carbonyl (C=O) groups is 4. The number of Topliss-reactive ketones (excluding diaryl/α,β-unsaturated/α-hetero) is 1. The molecule has 3 aliphatic rings. The Morgan fingerprint density at radius 1 is 0.878 bits per heavy atom. The van der Waals surface area contributed by atoms with E-state index < -0.39 is 12.6 Å². The molecule has 1 aliphatic heterocycles. The Labute approximate surface area is 241 Å². The molecule has 3 fully saturated rings. The Kier molecular flexibility index (Phi) is 6.20. The molecule has 41 heavy (non-hydrogen) atoms. The quantitative estimate of drug-likeness (QED) is 0.159. The fraction of sp³-hybridized carbons (Fsp3) is 0.242. The predicted octanol–water partition coefficient (Wildman–Crippen LogP) is 6.13. The Hall–Kier alpha value is -4.36. The molecule has 0 radical (unpaired) electrons. The molecule has 2 saturated carbocycles. The number of ether oxygens (including phenoxy) is 1. The number of pyridine rings is 1. The highest BCUT2D eigenvalue weighted by Crippen LogP contribution is 2.56. The Bertz CT molecular complexity index is 1710. The van der Waals surface area contributed by atoms with Crippen LogP contribution >= 0.6 is 11.6 Å². The molecule has 0 spiro atoms. The van der Waals surface area contributed by atoms with Crippen LogP contribution in [0, 0.1) is 23.7 Å². The van der Waals surface area contributed by atoms with Gasteiger partial charge in [-0.2, -0.15) is 0 Å². The van der Waals surface area contributed by atoms with Crippen molar-refractivity contribution in [2.45, 2.75) is 19.3 Å². The van der Waals surface area contributed by atoms with E-state index in [0.29, 0.717) is 50.3 Å². The van der Waals surface area contributed by atoms with E-state index in [4.69, 9.17) is 21.3 Å². The smallest absolute Gasteiger partial charge is 0.339 e. The van der Waals surface area contributed by atoms with Crippen molar-refractivity contribution in [3.63, 3.8) is 0 Å². The molecule has 7 nitrogen and oxygen atoms in total.